The van der Waals surface area contributed by atoms with Crippen LogP contribution in [0.15, 0.2) is 59.0 Å². The zero-order valence-electron chi connectivity index (χ0n) is 14.6. The number of benzene rings is 2. The molecule has 0 spiro atoms. The van der Waals surface area contributed by atoms with Gasteiger partial charge in [0.2, 0.25) is 5.13 Å². The zero-order chi connectivity index (χ0) is 17.6. The normalized spacial score (nSPS) is 11.2. The maximum atomic E-state index is 5.88. The van der Waals surface area contributed by atoms with Crippen molar-refractivity contribution in [1.29, 1.82) is 0 Å². The summed E-state index contributed by atoms with van der Waals surface area (Å²) in [5.74, 6) is 2.17. The average Bonchev–Trinajstić information content (AvgIpc) is 3.02. The number of rotatable bonds is 6. The highest BCUT2D eigenvalue weighted by atomic mass is 32.1. The molecular formula is C20H21N3OS. The first-order valence-electron chi connectivity index (χ1n) is 8.19. The Labute approximate surface area is 152 Å². The van der Waals surface area contributed by atoms with Crippen molar-refractivity contribution in [2.75, 3.05) is 5.43 Å². The number of nitrogens with one attached hydrogen (secondary N) is 1. The molecule has 0 aliphatic heterocycles. The SMILES string of the molecule is Cc1csc(NN=Cc2ccc(Oc3ccc(C(C)C)cc3)cc2)n1. The van der Waals surface area contributed by atoms with Gasteiger partial charge in [-0.05, 0) is 60.4 Å². The molecule has 5 heteroatoms. The van der Waals surface area contributed by atoms with Gasteiger partial charge in [-0.25, -0.2) is 4.98 Å². The molecule has 1 aromatic heterocycles. The van der Waals surface area contributed by atoms with Crippen molar-refractivity contribution >= 4 is 22.7 Å². The predicted molar refractivity (Wildman–Crippen MR) is 105 cm³/mol. The van der Waals surface area contributed by atoms with Gasteiger partial charge in [0.1, 0.15) is 11.5 Å². The molecule has 0 radical (unpaired) electrons. The molecule has 0 amide bonds. The Bertz CT molecular complexity index is 836. The van der Waals surface area contributed by atoms with Crippen molar-refractivity contribution in [2.24, 2.45) is 5.10 Å². The van der Waals surface area contributed by atoms with E-state index in [1.54, 1.807) is 6.21 Å². The van der Waals surface area contributed by atoms with E-state index in [0.717, 1.165) is 27.9 Å². The minimum Gasteiger partial charge on any atom is -0.457 e. The van der Waals surface area contributed by atoms with Gasteiger partial charge in [0.25, 0.3) is 0 Å². The Morgan fingerprint density at radius 1 is 1.04 bits per heavy atom. The number of aromatic nitrogens is 1. The number of nitrogens with zero attached hydrogens (tertiary/aromatic N) is 2. The molecule has 0 saturated heterocycles. The zero-order valence-corrected chi connectivity index (χ0v) is 15.4. The summed E-state index contributed by atoms with van der Waals surface area (Å²) in [5.41, 5.74) is 6.22. The molecule has 0 atom stereocenters. The highest BCUT2D eigenvalue weighted by molar-refractivity contribution is 7.13. The van der Waals surface area contributed by atoms with Gasteiger partial charge in [0, 0.05) is 5.38 Å². The summed E-state index contributed by atoms with van der Waals surface area (Å²) in [5, 5.41) is 6.97. The second-order valence-corrected chi connectivity index (χ2v) is 6.92. The van der Waals surface area contributed by atoms with Gasteiger partial charge in [-0.1, -0.05) is 26.0 Å². The fraction of sp³-hybridized carbons (Fsp3) is 0.200. The first-order valence-corrected chi connectivity index (χ1v) is 9.07. The number of aryl methyl sites for hydroxylation is 1. The molecule has 2 aromatic carbocycles. The Morgan fingerprint density at radius 3 is 2.24 bits per heavy atom. The lowest BCUT2D eigenvalue weighted by atomic mass is 10.0. The lowest BCUT2D eigenvalue weighted by Gasteiger charge is -2.08. The minimum atomic E-state index is 0.523. The first kappa shape index (κ1) is 17.2. The number of anilines is 1. The summed E-state index contributed by atoms with van der Waals surface area (Å²) in [6.45, 7) is 6.32. The van der Waals surface area contributed by atoms with E-state index in [1.807, 2.05) is 48.7 Å². The maximum Gasteiger partial charge on any atom is 0.203 e. The second kappa shape index (κ2) is 7.94. The molecule has 0 bridgehead atoms. The molecule has 0 saturated carbocycles. The van der Waals surface area contributed by atoms with Crippen molar-refractivity contribution < 1.29 is 4.74 Å². The molecule has 4 nitrogen and oxygen atoms in total. The lowest BCUT2D eigenvalue weighted by Crippen LogP contribution is -1.91. The summed E-state index contributed by atoms with van der Waals surface area (Å²) < 4.78 is 5.88. The molecule has 3 rings (SSSR count). The maximum absolute atomic E-state index is 5.88. The molecule has 1 heterocycles. The first-order chi connectivity index (χ1) is 12.1. The van der Waals surface area contributed by atoms with Gasteiger partial charge in [0.15, 0.2) is 0 Å². The Hall–Kier alpha value is -2.66. The van der Waals surface area contributed by atoms with Crippen LogP contribution in [0.4, 0.5) is 5.13 Å². The quantitative estimate of drug-likeness (QED) is 0.450. The highest BCUT2D eigenvalue weighted by Crippen LogP contribution is 2.24. The van der Waals surface area contributed by atoms with E-state index in [1.165, 1.54) is 16.9 Å². The standard InChI is InChI=1S/C20H21N3OS/c1-14(2)17-6-10-19(11-7-17)24-18-8-4-16(5-9-18)12-21-23-20-22-15(3)13-25-20/h4-14H,1-3H3,(H,22,23). The van der Waals surface area contributed by atoms with Crippen molar-refractivity contribution in [2.45, 2.75) is 26.7 Å². The third-order valence-corrected chi connectivity index (χ3v) is 4.52. The Morgan fingerprint density at radius 2 is 1.68 bits per heavy atom. The highest BCUT2D eigenvalue weighted by Gasteiger charge is 2.01. The van der Waals surface area contributed by atoms with Crippen LogP contribution in [0.25, 0.3) is 0 Å². The van der Waals surface area contributed by atoms with Crippen LogP contribution in [-0.4, -0.2) is 11.2 Å². The third-order valence-electron chi connectivity index (χ3n) is 3.66. The van der Waals surface area contributed by atoms with Gasteiger partial charge in [-0.2, -0.15) is 5.10 Å². The Balaban J connectivity index is 1.58. The number of ether oxygens (including phenoxy) is 1. The summed E-state index contributed by atoms with van der Waals surface area (Å²) in [6, 6.07) is 16.0. The van der Waals surface area contributed by atoms with E-state index < -0.39 is 0 Å². The van der Waals surface area contributed by atoms with Crippen LogP contribution >= 0.6 is 11.3 Å². The van der Waals surface area contributed by atoms with Crippen LogP contribution in [0.2, 0.25) is 0 Å². The van der Waals surface area contributed by atoms with Gasteiger partial charge >= 0.3 is 0 Å². The number of hydrazone groups is 1. The van der Waals surface area contributed by atoms with Crippen molar-refractivity contribution in [1.82, 2.24) is 4.98 Å². The van der Waals surface area contributed by atoms with E-state index in [-0.39, 0.29) is 0 Å². The van der Waals surface area contributed by atoms with Crippen LogP contribution in [0.1, 0.15) is 36.6 Å². The fourth-order valence-corrected chi connectivity index (χ4v) is 2.88. The number of hydrogen-bond donors (Lipinski definition) is 1. The largest absolute Gasteiger partial charge is 0.457 e. The average molecular weight is 351 g/mol. The van der Waals surface area contributed by atoms with Crippen LogP contribution < -0.4 is 10.2 Å². The van der Waals surface area contributed by atoms with Gasteiger partial charge in [-0.3, -0.25) is 5.43 Å². The summed E-state index contributed by atoms with van der Waals surface area (Å²) in [7, 11) is 0. The van der Waals surface area contributed by atoms with Crippen LogP contribution in [-0.2, 0) is 0 Å². The summed E-state index contributed by atoms with van der Waals surface area (Å²) >= 11 is 1.54. The van der Waals surface area contributed by atoms with Crippen LogP contribution in [0.3, 0.4) is 0 Å². The minimum absolute atomic E-state index is 0.523. The topological polar surface area (TPSA) is 46.5 Å². The monoisotopic (exact) mass is 351 g/mol. The predicted octanol–water partition coefficient (Wildman–Crippen LogP) is 5.81. The summed E-state index contributed by atoms with van der Waals surface area (Å²) in [6.07, 6.45) is 1.76. The molecule has 0 aliphatic carbocycles. The molecule has 0 fully saturated rings. The van der Waals surface area contributed by atoms with E-state index in [2.05, 4.69) is 41.5 Å². The van der Waals surface area contributed by atoms with Crippen LogP contribution in [0, 0.1) is 6.92 Å². The van der Waals surface area contributed by atoms with E-state index in [9.17, 15) is 0 Å². The molecule has 0 unspecified atom stereocenters. The van der Waals surface area contributed by atoms with E-state index >= 15 is 0 Å². The van der Waals surface area contributed by atoms with E-state index in [0.29, 0.717) is 5.92 Å². The molecule has 1 N–H and O–H groups in total. The molecule has 25 heavy (non-hydrogen) atoms. The Kier molecular flexibility index (Phi) is 5.46. The summed E-state index contributed by atoms with van der Waals surface area (Å²) in [4.78, 5) is 4.29. The third kappa shape index (κ3) is 4.90. The smallest absolute Gasteiger partial charge is 0.203 e. The lowest BCUT2D eigenvalue weighted by molar-refractivity contribution is 0.482. The van der Waals surface area contributed by atoms with Gasteiger partial charge < -0.3 is 4.74 Å². The second-order valence-electron chi connectivity index (χ2n) is 6.06. The molecule has 3 aromatic rings. The van der Waals surface area contributed by atoms with Crippen molar-refractivity contribution in [3.63, 3.8) is 0 Å². The molecular weight excluding hydrogens is 330 g/mol. The van der Waals surface area contributed by atoms with Gasteiger partial charge in [0.05, 0.1) is 11.9 Å². The fourth-order valence-electron chi connectivity index (χ4n) is 2.25. The van der Waals surface area contributed by atoms with Crippen molar-refractivity contribution in [3.8, 4) is 11.5 Å². The molecule has 0 aliphatic rings. The number of hydrogen-bond acceptors (Lipinski definition) is 5. The van der Waals surface area contributed by atoms with Crippen LogP contribution in [0.5, 0.6) is 11.5 Å². The van der Waals surface area contributed by atoms with E-state index in [4.69, 9.17) is 4.74 Å². The molecule has 128 valence electrons. The number of thiazole rings is 1. The van der Waals surface area contributed by atoms with Gasteiger partial charge in [-0.15, -0.1) is 11.3 Å². The van der Waals surface area contributed by atoms with Crippen molar-refractivity contribution in [3.05, 3.63) is 70.7 Å².